The van der Waals surface area contributed by atoms with Gasteiger partial charge in [0, 0.05) is 36.1 Å². The van der Waals surface area contributed by atoms with E-state index in [2.05, 4.69) is 20.6 Å². The molecule has 0 spiro atoms. The van der Waals surface area contributed by atoms with Crippen LogP contribution in [-0.4, -0.2) is 48.1 Å². The molecule has 2 aliphatic heterocycles. The van der Waals surface area contributed by atoms with Crippen molar-refractivity contribution in [2.24, 2.45) is 0 Å². The zero-order chi connectivity index (χ0) is 18.4. The minimum absolute atomic E-state index is 0.0132. The van der Waals surface area contributed by atoms with Gasteiger partial charge >= 0.3 is 0 Å². The first-order chi connectivity index (χ1) is 13.1. The normalized spacial score (nSPS) is 27.2. The van der Waals surface area contributed by atoms with Crippen molar-refractivity contribution in [2.45, 2.75) is 49.9 Å². The summed E-state index contributed by atoms with van der Waals surface area (Å²) in [5.74, 6) is -0.0132. The Morgan fingerprint density at radius 3 is 2.70 bits per heavy atom. The van der Waals surface area contributed by atoms with Crippen LogP contribution in [0.4, 0.5) is 0 Å². The molecule has 5 rings (SSSR count). The number of nitrogens with zero attached hydrogens (tertiary/aromatic N) is 4. The van der Waals surface area contributed by atoms with E-state index < -0.39 is 5.60 Å². The van der Waals surface area contributed by atoms with Gasteiger partial charge in [-0.25, -0.2) is 0 Å². The quantitative estimate of drug-likeness (QED) is 0.777. The molecular weight excluding hydrogens is 340 g/mol. The third-order valence-electron chi connectivity index (χ3n) is 6.01. The number of carbonyl (C=O) groups is 1. The Labute approximate surface area is 157 Å². The highest BCUT2D eigenvalue weighted by Crippen LogP contribution is 2.42. The number of piperidine rings is 1. The second-order valence-corrected chi connectivity index (χ2v) is 7.82. The highest BCUT2D eigenvalue weighted by Gasteiger charge is 2.49. The molecular formula is C21H22N4O2. The molecule has 1 N–H and O–H groups in total. The number of pyridine rings is 2. The van der Waals surface area contributed by atoms with E-state index in [0.717, 1.165) is 23.7 Å². The Morgan fingerprint density at radius 1 is 1.15 bits per heavy atom. The summed E-state index contributed by atoms with van der Waals surface area (Å²) < 4.78 is 2.08. The van der Waals surface area contributed by atoms with E-state index in [0.29, 0.717) is 25.1 Å². The van der Waals surface area contributed by atoms with E-state index in [4.69, 9.17) is 0 Å². The summed E-state index contributed by atoms with van der Waals surface area (Å²) in [6.07, 6.45) is 10.4. The molecule has 27 heavy (non-hydrogen) atoms. The molecule has 5 heterocycles. The van der Waals surface area contributed by atoms with Crippen molar-refractivity contribution in [1.29, 1.82) is 0 Å². The molecule has 0 saturated carbocycles. The van der Waals surface area contributed by atoms with Gasteiger partial charge in [0.1, 0.15) is 5.69 Å². The Hall–Kier alpha value is -2.73. The number of aromatic nitrogens is 3. The minimum atomic E-state index is -0.811. The summed E-state index contributed by atoms with van der Waals surface area (Å²) in [4.78, 5) is 23.3. The summed E-state index contributed by atoms with van der Waals surface area (Å²) in [5, 5.41) is 12.5. The van der Waals surface area contributed by atoms with Gasteiger partial charge in [-0.1, -0.05) is 6.07 Å². The van der Waals surface area contributed by atoms with Crippen LogP contribution in [0.2, 0.25) is 0 Å². The number of hydrogen-bond donors (Lipinski definition) is 1. The summed E-state index contributed by atoms with van der Waals surface area (Å²) in [5.41, 5.74) is 0.710. The molecule has 2 atom stereocenters. The van der Waals surface area contributed by atoms with Crippen molar-refractivity contribution >= 4 is 16.8 Å². The first kappa shape index (κ1) is 16.4. The second kappa shape index (κ2) is 6.16. The first-order valence-electron chi connectivity index (χ1n) is 9.48. The number of carbonyl (C=O) groups excluding carboxylic acids is 1. The number of rotatable bonds is 3. The predicted molar refractivity (Wildman–Crippen MR) is 101 cm³/mol. The molecule has 0 aliphatic carbocycles. The molecule has 0 aromatic carbocycles. The van der Waals surface area contributed by atoms with E-state index in [-0.39, 0.29) is 18.0 Å². The zero-order valence-corrected chi connectivity index (χ0v) is 15.0. The van der Waals surface area contributed by atoms with Crippen molar-refractivity contribution in [1.82, 2.24) is 19.4 Å². The van der Waals surface area contributed by atoms with Crippen molar-refractivity contribution in [2.75, 3.05) is 0 Å². The summed E-state index contributed by atoms with van der Waals surface area (Å²) >= 11 is 0. The maximum absolute atomic E-state index is 12.9. The standard InChI is InChI=1S/C21H22N4O2/c26-20(18-3-1-2-8-23-18)25-16-4-5-17(25)12-21(27,11-16)14-24-10-7-15-6-9-22-13-19(15)24/h1-3,6-10,13,16-17,27H,4-5,11-12,14H2/t16-,17-/m1/s1. The Balaban J connectivity index is 1.38. The SMILES string of the molecule is O=C(c1ccccn1)N1[C@@H]2CC[C@@H]1CC(O)(Cn1ccc3ccncc31)C2. The third-order valence-corrected chi connectivity index (χ3v) is 6.01. The number of hydrogen-bond acceptors (Lipinski definition) is 4. The predicted octanol–water partition coefficient (Wildman–Crippen LogP) is 2.63. The maximum atomic E-state index is 12.9. The smallest absolute Gasteiger partial charge is 0.272 e. The topological polar surface area (TPSA) is 71.2 Å². The number of amides is 1. The van der Waals surface area contributed by atoms with Gasteiger partial charge in [-0.3, -0.25) is 14.8 Å². The lowest BCUT2D eigenvalue weighted by atomic mass is 9.85. The maximum Gasteiger partial charge on any atom is 0.272 e. The minimum Gasteiger partial charge on any atom is -0.388 e. The number of aliphatic hydroxyl groups is 1. The molecule has 2 fully saturated rings. The fraction of sp³-hybridized carbons (Fsp3) is 0.381. The summed E-state index contributed by atoms with van der Waals surface area (Å²) in [6, 6.07) is 9.60. The fourth-order valence-electron chi connectivity index (χ4n) is 4.89. The summed E-state index contributed by atoms with van der Waals surface area (Å²) in [6.45, 7) is 0.529. The summed E-state index contributed by atoms with van der Waals surface area (Å²) in [7, 11) is 0. The van der Waals surface area contributed by atoms with Crippen LogP contribution >= 0.6 is 0 Å². The fourth-order valence-corrected chi connectivity index (χ4v) is 4.89. The third kappa shape index (κ3) is 2.80. The Bertz CT molecular complexity index is 970. The lowest BCUT2D eigenvalue weighted by molar-refractivity contribution is -0.0534. The van der Waals surface area contributed by atoms with Crippen molar-refractivity contribution in [3.63, 3.8) is 0 Å². The van der Waals surface area contributed by atoms with Gasteiger partial charge in [0.2, 0.25) is 0 Å². The highest BCUT2D eigenvalue weighted by molar-refractivity contribution is 5.93. The molecule has 2 saturated heterocycles. The molecule has 2 bridgehead atoms. The van der Waals surface area contributed by atoms with Crippen LogP contribution in [0.1, 0.15) is 36.2 Å². The molecule has 2 aliphatic rings. The van der Waals surface area contributed by atoms with Crippen LogP contribution in [0, 0.1) is 0 Å². The van der Waals surface area contributed by atoms with E-state index in [9.17, 15) is 9.90 Å². The number of fused-ring (bicyclic) bond motifs is 3. The van der Waals surface area contributed by atoms with Gasteiger partial charge < -0.3 is 14.6 Å². The highest BCUT2D eigenvalue weighted by atomic mass is 16.3. The van der Waals surface area contributed by atoms with Crippen LogP contribution in [0.15, 0.2) is 55.1 Å². The van der Waals surface area contributed by atoms with Crippen LogP contribution in [0.5, 0.6) is 0 Å². The first-order valence-corrected chi connectivity index (χ1v) is 9.48. The van der Waals surface area contributed by atoms with Crippen molar-refractivity contribution in [3.05, 3.63) is 60.8 Å². The molecule has 3 aromatic rings. The molecule has 138 valence electrons. The van der Waals surface area contributed by atoms with Crippen LogP contribution in [0.3, 0.4) is 0 Å². The Kier molecular flexibility index (Phi) is 3.75. The molecule has 0 radical (unpaired) electrons. The molecule has 6 nitrogen and oxygen atoms in total. The van der Waals surface area contributed by atoms with Crippen LogP contribution in [0.25, 0.3) is 10.9 Å². The average molecular weight is 362 g/mol. The molecule has 6 heteroatoms. The van der Waals surface area contributed by atoms with Gasteiger partial charge in [0.25, 0.3) is 5.91 Å². The second-order valence-electron chi connectivity index (χ2n) is 7.82. The monoisotopic (exact) mass is 362 g/mol. The van der Waals surface area contributed by atoms with Gasteiger partial charge in [0.15, 0.2) is 0 Å². The van der Waals surface area contributed by atoms with Gasteiger partial charge in [-0.05, 0) is 49.9 Å². The molecule has 0 unspecified atom stereocenters. The van der Waals surface area contributed by atoms with E-state index >= 15 is 0 Å². The van der Waals surface area contributed by atoms with Gasteiger partial charge in [-0.2, -0.15) is 0 Å². The van der Waals surface area contributed by atoms with Gasteiger partial charge in [0.05, 0.1) is 23.9 Å². The zero-order valence-electron chi connectivity index (χ0n) is 15.0. The largest absolute Gasteiger partial charge is 0.388 e. The molecule has 3 aromatic heterocycles. The van der Waals surface area contributed by atoms with E-state index in [1.54, 1.807) is 18.5 Å². The van der Waals surface area contributed by atoms with Crippen molar-refractivity contribution < 1.29 is 9.90 Å². The van der Waals surface area contributed by atoms with E-state index in [1.165, 1.54) is 0 Å². The van der Waals surface area contributed by atoms with Gasteiger partial charge in [-0.15, -0.1) is 0 Å². The van der Waals surface area contributed by atoms with E-state index in [1.807, 2.05) is 35.5 Å². The van der Waals surface area contributed by atoms with Crippen LogP contribution < -0.4 is 0 Å². The average Bonchev–Trinajstić information content (AvgIpc) is 3.21. The molecule has 1 amide bonds. The lowest BCUT2D eigenvalue weighted by Crippen LogP contribution is -2.54. The van der Waals surface area contributed by atoms with Crippen LogP contribution in [-0.2, 0) is 6.54 Å². The lowest BCUT2D eigenvalue weighted by Gasteiger charge is -2.44. The Morgan fingerprint density at radius 2 is 1.96 bits per heavy atom. The van der Waals surface area contributed by atoms with Crippen molar-refractivity contribution in [3.8, 4) is 0 Å².